The highest BCUT2D eigenvalue weighted by molar-refractivity contribution is 7.15. The van der Waals surface area contributed by atoms with Crippen molar-refractivity contribution in [2.24, 2.45) is 0 Å². The average molecular weight is 468 g/mol. The molecule has 6 nitrogen and oxygen atoms in total. The zero-order valence-electron chi connectivity index (χ0n) is 18.5. The number of rotatable bonds is 4. The van der Waals surface area contributed by atoms with Crippen LogP contribution < -0.4 is 5.32 Å². The molecule has 0 saturated carbocycles. The van der Waals surface area contributed by atoms with E-state index in [-0.39, 0.29) is 30.8 Å². The van der Waals surface area contributed by atoms with Crippen molar-refractivity contribution < 1.29 is 18.7 Å². The van der Waals surface area contributed by atoms with Crippen molar-refractivity contribution in [1.82, 2.24) is 14.8 Å². The number of nitrogens with one attached hydrogen (secondary N) is 1. The lowest BCUT2D eigenvalue weighted by Gasteiger charge is -2.31. The van der Waals surface area contributed by atoms with E-state index < -0.39 is 6.04 Å². The van der Waals surface area contributed by atoms with Gasteiger partial charge in [0, 0.05) is 23.2 Å². The summed E-state index contributed by atoms with van der Waals surface area (Å²) in [5, 5.41) is 4.02. The van der Waals surface area contributed by atoms with E-state index in [1.807, 2.05) is 24.4 Å². The Morgan fingerprint density at radius 1 is 1.18 bits per heavy atom. The topological polar surface area (TPSA) is 63.6 Å². The normalized spacial score (nSPS) is 16.9. The SMILES string of the molecule is COC(=O)CCNC(=O)N1Cc2c(sc3c2CCCC3)-n2cccc2[C@H]1c1cccc(F)c1. The summed E-state index contributed by atoms with van der Waals surface area (Å²) in [6.45, 7) is 0.599. The Kier molecular flexibility index (Phi) is 5.93. The highest BCUT2D eigenvalue weighted by Gasteiger charge is 2.36. The van der Waals surface area contributed by atoms with Gasteiger partial charge in [0.15, 0.2) is 0 Å². The number of carbonyl (C=O) groups is 2. The number of nitrogens with zero attached hydrogens (tertiary/aromatic N) is 2. The molecule has 3 aromatic rings. The van der Waals surface area contributed by atoms with Crippen LogP contribution in [0.1, 0.15) is 52.6 Å². The molecular weight excluding hydrogens is 441 g/mol. The largest absolute Gasteiger partial charge is 0.469 e. The summed E-state index contributed by atoms with van der Waals surface area (Å²) in [5.41, 5.74) is 4.16. The lowest BCUT2D eigenvalue weighted by molar-refractivity contribution is -0.140. The van der Waals surface area contributed by atoms with Gasteiger partial charge in [-0.05, 0) is 61.1 Å². The molecule has 0 fully saturated rings. The van der Waals surface area contributed by atoms with E-state index in [4.69, 9.17) is 0 Å². The number of fused-ring (bicyclic) bond motifs is 5. The van der Waals surface area contributed by atoms with Gasteiger partial charge >= 0.3 is 12.0 Å². The molecule has 2 amide bonds. The van der Waals surface area contributed by atoms with Crippen LogP contribution in [-0.2, 0) is 28.9 Å². The van der Waals surface area contributed by atoms with Crippen molar-refractivity contribution in [2.75, 3.05) is 13.7 Å². The van der Waals surface area contributed by atoms with Crippen LogP contribution in [0.5, 0.6) is 0 Å². The summed E-state index contributed by atoms with van der Waals surface area (Å²) in [6.07, 6.45) is 6.54. The fraction of sp³-hybridized carbons (Fsp3) is 0.360. The van der Waals surface area contributed by atoms with Crippen molar-refractivity contribution >= 4 is 23.3 Å². The van der Waals surface area contributed by atoms with Crippen LogP contribution in [-0.4, -0.2) is 35.1 Å². The Morgan fingerprint density at radius 2 is 2.03 bits per heavy atom. The molecule has 1 N–H and O–H groups in total. The first kappa shape index (κ1) is 21.7. The van der Waals surface area contributed by atoms with Crippen LogP contribution in [0.3, 0.4) is 0 Å². The molecule has 8 heteroatoms. The Labute approximate surface area is 196 Å². The minimum Gasteiger partial charge on any atom is -0.469 e. The van der Waals surface area contributed by atoms with Crippen LogP contribution in [0.25, 0.3) is 5.00 Å². The smallest absolute Gasteiger partial charge is 0.318 e. The first-order valence-electron chi connectivity index (χ1n) is 11.2. The minimum atomic E-state index is -0.465. The summed E-state index contributed by atoms with van der Waals surface area (Å²) in [7, 11) is 1.33. The number of aromatic nitrogens is 1. The molecule has 33 heavy (non-hydrogen) atoms. The van der Waals surface area contributed by atoms with Gasteiger partial charge in [-0.1, -0.05) is 12.1 Å². The minimum absolute atomic E-state index is 0.0934. The average Bonchev–Trinajstić information content (AvgIpc) is 3.40. The molecule has 3 heterocycles. The van der Waals surface area contributed by atoms with Gasteiger partial charge in [-0.15, -0.1) is 11.3 Å². The number of benzene rings is 1. The highest BCUT2D eigenvalue weighted by atomic mass is 32.1. The molecule has 0 bridgehead atoms. The Balaban J connectivity index is 1.59. The summed E-state index contributed by atoms with van der Waals surface area (Å²) in [6, 6.07) is 9.65. The molecule has 1 atom stereocenters. The number of amides is 2. The maximum absolute atomic E-state index is 14.2. The van der Waals surface area contributed by atoms with Gasteiger partial charge in [0.05, 0.1) is 31.8 Å². The number of ether oxygens (including phenoxy) is 1. The number of methoxy groups -OCH3 is 1. The quantitative estimate of drug-likeness (QED) is 0.564. The molecule has 0 radical (unpaired) electrons. The maximum Gasteiger partial charge on any atom is 0.318 e. The van der Waals surface area contributed by atoms with Gasteiger partial charge < -0.3 is 19.5 Å². The summed E-state index contributed by atoms with van der Waals surface area (Å²) in [4.78, 5) is 28.2. The van der Waals surface area contributed by atoms with E-state index in [2.05, 4.69) is 14.6 Å². The molecule has 1 aliphatic heterocycles. The molecule has 1 aromatic carbocycles. The fourth-order valence-electron chi connectivity index (χ4n) is 4.89. The Morgan fingerprint density at radius 3 is 2.85 bits per heavy atom. The van der Waals surface area contributed by atoms with E-state index in [1.165, 1.54) is 41.7 Å². The number of carbonyl (C=O) groups excluding carboxylic acids is 2. The third-order valence-electron chi connectivity index (χ3n) is 6.44. The van der Waals surface area contributed by atoms with Crippen LogP contribution in [0.2, 0.25) is 0 Å². The van der Waals surface area contributed by atoms with Crippen LogP contribution in [0.15, 0.2) is 42.6 Å². The predicted molar refractivity (Wildman–Crippen MR) is 124 cm³/mol. The Bertz CT molecular complexity index is 1200. The second-order valence-electron chi connectivity index (χ2n) is 8.44. The van der Waals surface area contributed by atoms with Crippen molar-refractivity contribution in [3.05, 3.63) is 75.7 Å². The zero-order valence-corrected chi connectivity index (χ0v) is 19.3. The van der Waals surface area contributed by atoms with Crippen LogP contribution >= 0.6 is 11.3 Å². The molecule has 5 rings (SSSR count). The van der Waals surface area contributed by atoms with E-state index in [9.17, 15) is 14.0 Å². The number of esters is 1. The van der Waals surface area contributed by atoms with Crippen molar-refractivity contribution in [3.8, 4) is 5.00 Å². The molecule has 0 spiro atoms. The third kappa shape index (κ3) is 4.04. The second kappa shape index (κ2) is 9.02. The number of hydrogen-bond donors (Lipinski definition) is 1. The van der Waals surface area contributed by atoms with Gasteiger partial charge in [0.1, 0.15) is 10.8 Å². The predicted octanol–water partition coefficient (Wildman–Crippen LogP) is 4.73. The lowest BCUT2D eigenvalue weighted by atomic mass is 9.95. The van der Waals surface area contributed by atoms with E-state index in [0.29, 0.717) is 12.1 Å². The van der Waals surface area contributed by atoms with Gasteiger partial charge in [-0.25, -0.2) is 9.18 Å². The molecule has 172 valence electrons. The molecule has 0 saturated heterocycles. The number of halogens is 1. The molecule has 1 aliphatic carbocycles. The summed E-state index contributed by atoms with van der Waals surface area (Å²) in [5.74, 6) is -0.719. The first-order valence-corrected chi connectivity index (χ1v) is 12.1. The highest BCUT2D eigenvalue weighted by Crippen LogP contribution is 2.44. The molecule has 2 aromatic heterocycles. The standard InChI is InChI=1S/C25H26FN3O3S/c1-32-22(30)11-12-27-25(31)29-15-19-18-8-2-3-10-21(18)33-24(19)28-13-5-9-20(28)23(29)16-6-4-7-17(26)14-16/h4-7,9,13-14,23H,2-3,8,10-12,15H2,1H3,(H,27,31)/t23-/m1/s1. The second-order valence-corrected chi connectivity index (χ2v) is 9.52. The van der Waals surface area contributed by atoms with Crippen LogP contribution in [0, 0.1) is 5.82 Å². The first-order chi connectivity index (χ1) is 16.1. The van der Waals surface area contributed by atoms with Crippen molar-refractivity contribution in [3.63, 3.8) is 0 Å². The number of hydrogen-bond acceptors (Lipinski definition) is 4. The van der Waals surface area contributed by atoms with Crippen molar-refractivity contribution in [2.45, 2.75) is 44.7 Å². The molecule has 2 aliphatic rings. The molecular formula is C25H26FN3O3S. The van der Waals surface area contributed by atoms with Crippen molar-refractivity contribution in [1.29, 1.82) is 0 Å². The zero-order chi connectivity index (χ0) is 22.9. The summed E-state index contributed by atoms with van der Waals surface area (Å²) >= 11 is 1.81. The third-order valence-corrected chi connectivity index (χ3v) is 7.77. The van der Waals surface area contributed by atoms with Crippen LogP contribution in [0.4, 0.5) is 9.18 Å². The van der Waals surface area contributed by atoms with E-state index >= 15 is 0 Å². The van der Waals surface area contributed by atoms with Gasteiger partial charge in [-0.2, -0.15) is 0 Å². The maximum atomic E-state index is 14.2. The Hall–Kier alpha value is -3.13. The molecule has 0 unspecified atom stereocenters. The van der Waals surface area contributed by atoms with Gasteiger partial charge in [0.25, 0.3) is 0 Å². The van der Waals surface area contributed by atoms with E-state index in [0.717, 1.165) is 30.0 Å². The number of urea groups is 1. The number of aryl methyl sites for hydroxylation is 1. The monoisotopic (exact) mass is 467 g/mol. The summed E-state index contributed by atoms with van der Waals surface area (Å²) < 4.78 is 21.1. The van der Waals surface area contributed by atoms with Gasteiger partial charge in [-0.3, -0.25) is 4.79 Å². The lowest BCUT2D eigenvalue weighted by Crippen LogP contribution is -2.42. The fourth-order valence-corrected chi connectivity index (χ4v) is 6.29. The van der Waals surface area contributed by atoms with E-state index in [1.54, 1.807) is 22.3 Å². The number of thiophene rings is 1. The van der Waals surface area contributed by atoms with Gasteiger partial charge in [0.2, 0.25) is 0 Å².